The molecule has 0 saturated heterocycles. The van der Waals surface area contributed by atoms with Gasteiger partial charge in [-0.1, -0.05) is 19.9 Å². The number of hydrogen-bond acceptors (Lipinski definition) is 4. The fourth-order valence-electron chi connectivity index (χ4n) is 1.52. The number of anilines is 1. The molecule has 1 rings (SSSR count). The molecular formula is C13H20N2O3S. The first kappa shape index (κ1) is 15.5. The maximum atomic E-state index is 12.0. The highest BCUT2D eigenvalue weighted by molar-refractivity contribution is 7.92. The van der Waals surface area contributed by atoms with Gasteiger partial charge in [-0.05, 0) is 30.5 Å². The summed E-state index contributed by atoms with van der Waals surface area (Å²) in [5.41, 5.74) is 5.90. The van der Waals surface area contributed by atoms with E-state index in [9.17, 15) is 13.2 Å². The minimum Gasteiger partial charge on any atom is -0.399 e. The van der Waals surface area contributed by atoms with Gasteiger partial charge < -0.3 is 11.1 Å². The van der Waals surface area contributed by atoms with Crippen LogP contribution in [0.3, 0.4) is 0 Å². The predicted molar refractivity (Wildman–Crippen MR) is 75.4 cm³/mol. The second kappa shape index (κ2) is 6.56. The van der Waals surface area contributed by atoms with Crippen molar-refractivity contribution < 1.29 is 13.2 Å². The van der Waals surface area contributed by atoms with E-state index in [1.165, 1.54) is 12.1 Å². The van der Waals surface area contributed by atoms with Crippen molar-refractivity contribution in [1.29, 1.82) is 0 Å². The van der Waals surface area contributed by atoms with Crippen LogP contribution < -0.4 is 11.1 Å². The molecule has 6 heteroatoms. The second-order valence-corrected chi connectivity index (χ2v) is 6.85. The minimum atomic E-state index is -3.62. The lowest BCUT2D eigenvalue weighted by Gasteiger charge is -2.08. The van der Waals surface area contributed by atoms with E-state index in [2.05, 4.69) is 5.32 Å². The monoisotopic (exact) mass is 284 g/mol. The van der Waals surface area contributed by atoms with Gasteiger partial charge in [-0.15, -0.1) is 0 Å². The van der Waals surface area contributed by atoms with Crippen molar-refractivity contribution in [3.63, 3.8) is 0 Å². The predicted octanol–water partition coefficient (Wildman–Crippen LogP) is 1.20. The number of nitrogen functional groups attached to an aromatic ring is 1. The molecule has 0 saturated carbocycles. The Morgan fingerprint density at radius 2 is 2.05 bits per heavy atom. The van der Waals surface area contributed by atoms with Crippen LogP contribution in [-0.4, -0.2) is 26.6 Å². The SMILES string of the molecule is CC(C)CCNC(=O)CS(=O)(=O)c1cccc(N)c1. The molecule has 0 aliphatic carbocycles. The van der Waals surface area contributed by atoms with E-state index in [1.54, 1.807) is 12.1 Å². The van der Waals surface area contributed by atoms with Crippen molar-refractivity contribution in [2.45, 2.75) is 25.2 Å². The largest absolute Gasteiger partial charge is 0.399 e. The van der Waals surface area contributed by atoms with Gasteiger partial charge in [-0.25, -0.2) is 8.42 Å². The van der Waals surface area contributed by atoms with Gasteiger partial charge in [0.2, 0.25) is 5.91 Å². The number of hydrogen-bond donors (Lipinski definition) is 2. The Labute approximate surface area is 114 Å². The number of sulfone groups is 1. The van der Waals surface area contributed by atoms with Gasteiger partial charge in [0.1, 0.15) is 5.75 Å². The Morgan fingerprint density at radius 3 is 2.63 bits per heavy atom. The summed E-state index contributed by atoms with van der Waals surface area (Å²) in [5, 5.41) is 2.61. The summed E-state index contributed by atoms with van der Waals surface area (Å²) in [6.07, 6.45) is 0.823. The Bertz CT molecular complexity index is 539. The highest BCUT2D eigenvalue weighted by atomic mass is 32.2. The molecule has 1 aromatic carbocycles. The fraction of sp³-hybridized carbons (Fsp3) is 0.462. The zero-order chi connectivity index (χ0) is 14.5. The van der Waals surface area contributed by atoms with Crippen molar-refractivity contribution in [1.82, 2.24) is 5.32 Å². The minimum absolute atomic E-state index is 0.0755. The zero-order valence-electron chi connectivity index (χ0n) is 11.2. The van der Waals surface area contributed by atoms with E-state index < -0.39 is 21.5 Å². The van der Waals surface area contributed by atoms with Gasteiger partial charge in [0, 0.05) is 12.2 Å². The standard InChI is InChI=1S/C13H20N2O3S/c1-10(2)6-7-15-13(16)9-19(17,18)12-5-3-4-11(14)8-12/h3-5,8,10H,6-7,9,14H2,1-2H3,(H,15,16). The average Bonchev–Trinajstić information content (AvgIpc) is 2.27. The molecule has 0 aliphatic heterocycles. The lowest BCUT2D eigenvalue weighted by Crippen LogP contribution is -2.31. The van der Waals surface area contributed by atoms with Crippen LogP contribution in [0.5, 0.6) is 0 Å². The molecule has 1 amide bonds. The molecule has 0 radical (unpaired) electrons. The second-order valence-electron chi connectivity index (χ2n) is 4.86. The molecule has 19 heavy (non-hydrogen) atoms. The Hall–Kier alpha value is -1.56. The van der Waals surface area contributed by atoms with Crippen molar-refractivity contribution in [2.24, 2.45) is 5.92 Å². The molecule has 0 heterocycles. The maximum Gasteiger partial charge on any atom is 0.235 e. The molecule has 106 valence electrons. The molecule has 0 atom stereocenters. The van der Waals surface area contributed by atoms with Crippen LogP contribution >= 0.6 is 0 Å². The molecule has 0 aliphatic rings. The zero-order valence-corrected chi connectivity index (χ0v) is 12.0. The number of nitrogens with two attached hydrogens (primary N) is 1. The van der Waals surface area contributed by atoms with Crippen LogP contribution in [0.4, 0.5) is 5.69 Å². The van der Waals surface area contributed by atoms with Crippen LogP contribution in [0.1, 0.15) is 20.3 Å². The van der Waals surface area contributed by atoms with Crippen LogP contribution in [0, 0.1) is 5.92 Å². The molecule has 1 aromatic rings. The Morgan fingerprint density at radius 1 is 1.37 bits per heavy atom. The molecule has 0 unspecified atom stereocenters. The van der Waals surface area contributed by atoms with Crippen molar-refractivity contribution >= 4 is 21.4 Å². The van der Waals surface area contributed by atoms with E-state index in [0.717, 1.165) is 6.42 Å². The van der Waals surface area contributed by atoms with Crippen LogP contribution in [0.2, 0.25) is 0 Å². The van der Waals surface area contributed by atoms with Gasteiger partial charge in [0.25, 0.3) is 0 Å². The first-order valence-electron chi connectivity index (χ1n) is 6.16. The normalized spacial score (nSPS) is 11.5. The number of amides is 1. The summed E-state index contributed by atoms with van der Waals surface area (Å²) in [4.78, 5) is 11.7. The molecule has 0 fully saturated rings. The van der Waals surface area contributed by atoms with E-state index in [0.29, 0.717) is 18.2 Å². The summed E-state index contributed by atoms with van der Waals surface area (Å²) in [6, 6.07) is 5.95. The summed E-state index contributed by atoms with van der Waals surface area (Å²) in [5.74, 6) is -0.567. The van der Waals surface area contributed by atoms with E-state index in [4.69, 9.17) is 5.73 Å². The number of nitrogens with one attached hydrogen (secondary N) is 1. The van der Waals surface area contributed by atoms with Crippen molar-refractivity contribution in [3.8, 4) is 0 Å². The van der Waals surface area contributed by atoms with E-state index in [1.807, 2.05) is 13.8 Å². The van der Waals surface area contributed by atoms with Gasteiger partial charge in [-0.3, -0.25) is 4.79 Å². The van der Waals surface area contributed by atoms with Gasteiger partial charge >= 0.3 is 0 Å². The number of carbonyl (C=O) groups is 1. The Balaban J connectivity index is 2.62. The molecule has 0 bridgehead atoms. The fourth-order valence-corrected chi connectivity index (χ4v) is 2.73. The third kappa shape index (κ3) is 5.30. The highest BCUT2D eigenvalue weighted by Crippen LogP contribution is 2.14. The summed E-state index contributed by atoms with van der Waals surface area (Å²) in [6.45, 7) is 4.56. The summed E-state index contributed by atoms with van der Waals surface area (Å²) in [7, 11) is -3.62. The highest BCUT2D eigenvalue weighted by Gasteiger charge is 2.19. The van der Waals surface area contributed by atoms with Gasteiger partial charge in [-0.2, -0.15) is 0 Å². The maximum absolute atomic E-state index is 12.0. The van der Waals surface area contributed by atoms with Gasteiger partial charge in [0.05, 0.1) is 4.90 Å². The topological polar surface area (TPSA) is 89.3 Å². The molecule has 0 aromatic heterocycles. The molecule has 5 nitrogen and oxygen atoms in total. The molecular weight excluding hydrogens is 264 g/mol. The first-order chi connectivity index (χ1) is 8.81. The number of benzene rings is 1. The van der Waals surface area contributed by atoms with Crippen molar-refractivity contribution in [3.05, 3.63) is 24.3 Å². The van der Waals surface area contributed by atoms with Crippen LogP contribution in [0.15, 0.2) is 29.2 Å². The lowest BCUT2D eigenvalue weighted by molar-refractivity contribution is -0.118. The third-order valence-corrected chi connectivity index (χ3v) is 4.20. The molecule has 3 N–H and O–H groups in total. The summed E-state index contributed by atoms with van der Waals surface area (Å²) >= 11 is 0. The number of rotatable bonds is 6. The first-order valence-corrected chi connectivity index (χ1v) is 7.81. The third-order valence-electron chi connectivity index (χ3n) is 2.58. The van der Waals surface area contributed by atoms with Crippen LogP contribution in [0.25, 0.3) is 0 Å². The quantitative estimate of drug-likeness (QED) is 0.768. The average molecular weight is 284 g/mol. The van der Waals surface area contributed by atoms with E-state index in [-0.39, 0.29) is 4.90 Å². The lowest BCUT2D eigenvalue weighted by atomic mass is 10.1. The number of carbonyl (C=O) groups excluding carboxylic acids is 1. The Kier molecular flexibility index (Phi) is 5.35. The van der Waals surface area contributed by atoms with Crippen molar-refractivity contribution in [2.75, 3.05) is 18.0 Å². The van der Waals surface area contributed by atoms with Gasteiger partial charge in [0.15, 0.2) is 9.84 Å². The summed E-state index contributed by atoms with van der Waals surface area (Å²) < 4.78 is 24.0. The van der Waals surface area contributed by atoms with Crippen LogP contribution in [-0.2, 0) is 14.6 Å². The molecule has 0 spiro atoms. The van der Waals surface area contributed by atoms with E-state index >= 15 is 0 Å². The smallest absolute Gasteiger partial charge is 0.235 e.